The van der Waals surface area contributed by atoms with E-state index in [0.29, 0.717) is 34.9 Å². The van der Waals surface area contributed by atoms with Crippen molar-refractivity contribution >= 4 is 109 Å². The van der Waals surface area contributed by atoms with Gasteiger partial charge in [-0.2, -0.15) is 0 Å². The standard InChI is InChI=1S/C98H58N8O2/c1-4-20-59(21-5-1)60-44-48-67(49-45-60)95-99-93(65-23-6-2-7-24-65)101-97(103-95)78-33-18-38-86-88(78)76-31-16-36-82(91(76)107-86)105-84-58-71(53-54-74(84)80-56-69-27-10-11-28-70(69)57-85(80)105)63-42-40-61(41-43-63)62-46-50-68(51-47-62)96-100-94(66-25-8-3-9-26-66)102-98(104-96)79-34-19-39-87-89(79)77-32-17-37-83(92(77)108-87)106-81-35-15-14-30-73(81)75-55-52-64-22-12-13-29-72(64)90(75)106/h1-58H. The van der Waals surface area contributed by atoms with Gasteiger partial charge in [0.1, 0.15) is 11.2 Å². The zero-order valence-corrected chi connectivity index (χ0v) is 57.9. The van der Waals surface area contributed by atoms with Gasteiger partial charge in [-0.1, -0.05) is 303 Å². The molecular formula is C98H58N8O2. The third-order valence-electron chi connectivity index (χ3n) is 21.4. The Hall–Kier alpha value is -14.7. The molecule has 6 heterocycles. The van der Waals surface area contributed by atoms with Gasteiger partial charge in [-0.15, -0.1) is 0 Å². The van der Waals surface area contributed by atoms with Crippen molar-refractivity contribution in [1.29, 1.82) is 0 Å². The number of furan rings is 2. The van der Waals surface area contributed by atoms with Crippen molar-refractivity contribution in [2.75, 3.05) is 0 Å². The minimum atomic E-state index is 0.555. The lowest BCUT2D eigenvalue weighted by molar-refractivity contribution is 0.666. The molecule has 0 aliphatic carbocycles. The Bertz CT molecular complexity index is 7390. The molecule has 22 aromatic rings. The second-order valence-electron chi connectivity index (χ2n) is 27.6. The SMILES string of the molecule is c1ccc(-c2ccc(-c3nc(-c4ccccc4)nc(-c4cccc5oc6c(-n7c8cc(-c9ccc(-c%10ccc(-c%11nc(-c%12ccccc%12)nc(-c%12cccc%13oc%14c(-n%15c%16ccccc%16c%16ccc%17ccccc%17c%16%15)cccc%14c%12%13)n%11)cc%10)cc9)ccc8c8cc9ccccc9cc87)cccc6c45)n3)cc2)cc1. The van der Waals surface area contributed by atoms with E-state index in [1.165, 1.54) is 26.9 Å². The smallest absolute Gasteiger partial charge is 0.164 e. The van der Waals surface area contributed by atoms with E-state index in [1.54, 1.807) is 0 Å². The Balaban J connectivity index is 0.619. The summed E-state index contributed by atoms with van der Waals surface area (Å²) in [5, 5.41) is 13.1. The fourth-order valence-electron chi connectivity index (χ4n) is 16.3. The fourth-order valence-corrected chi connectivity index (χ4v) is 16.3. The number of benzene rings is 16. The molecule has 10 nitrogen and oxygen atoms in total. The lowest BCUT2D eigenvalue weighted by atomic mass is 9.98. The molecule has 0 bridgehead atoms. The van der Waals surface area contributed by atoms with Crippen molar-refractivity contribution in [2.45, 2.75) is 0 Å². The fraction of sp³-hybridized carbons (Fsp3) is 0. The summed E-state index contributed by atoms with van der Waals surface area (Å²) in [5.74, 6) is 3.44. The molecule has 0 aliphatic heterocycles. The van der Waals surface area contributed by atoms with E-state index in [-0.39, 0.29) is 0 Å². The Morgan fingerprint density at radius 1 is 0.204 bits per heavy atom. The van der Waals surface area contributed by atoms with Gasteiger partial charge in [-0.3, -0.25) is 0 Å². The van der Waals surface area contributed by atoms with Crippen LogP contribution in [0.3, 0.4) is 0 Å². The van der Waals surface area contributed by atoms with Gasteiger partial charge in [0.05, 0.1) is 33.4 Å². The molecule has 0 N–H and O–H groups in total. The first kappa shape index (κ1) is 60.8. The van der Waals surface area contributed by atoms with Crippen LogP contribution in [0.25, 0.3) is 222 Å². The van der Waals surface area contributed by atoms with Crippen molar-refractivity contribution in [3.8, 4) is 113 Å². The average molecular weight is 1380 g/mol. The van der Waals surface area contributed by atoms with Gasteiger partial charge in [0.2, 0.25) is 0 Å². The molecule has 502 valence electrons. The van der Waals surface area contributed by atoms with E-state index in [2.05, 4.69) is 270 Å². The minimum absolute atomic E-state index is 0.555. The number of para-hydroxylation sites is 3. The topological polar surface area (TPSA) is 113 Å². The van der Waals surface area contributed by atoms with Crippen LogP contribution in [0, 0.1) is 0 Å². The maximum Gasteiger partial charge on any atom is 0.164 e. The third-order valence-corrected chi connectivity index (χ3v) is 21.4. The Morgan fingerprint density at radius 3 is 1.12 bits per heavy atom. The number of aromatic nitrogens is 8. The lowest BCUT2D eigenvalue weighted by Crippen LogP contribution is -2.00. The van der Waals surface area contributed by atoms with Crippen molar-refractivity contribution in [3.05, 3.63) is 352 Å². The number of nitrogens with zero attached hydrogens (tertiary/aromatic N) is 8. The van der Waals surface area contributed by atoms with Crippen LogP contribution in [0.2, 0.25) is 0 Å². The van der Waals surface area contributed by atoms with Crippen molar-refractivity contribution in [2.24, 2.45) is 0 Å². The highest BCUT2D eigenvalue weighted by Crippen LogP contribution is 2.46. The van der Waals surface area contributed by atoms with Crippen LogP contribution in [0.1, 0.15) is 0 Å². The summed E-state index contributed by atoms with van der Waals surface area (Å²) in [6, 6.07) is 124. The molecule has 0 radical (unpaired) electrons. The molecule has 22 rings (SSSR count). The summed E-state index contributed by atoms with van der Waals surface area (Å²) >= 11 is 0. The van der Waals surface area contributed by atoms with E-state index in [9.17, 15) is 0 Å². The van der Waals surface area contributed by atoms with Gasteiger partial charge in [0.25, 0.3) is 0 Å². The van der Waals surface area contributed by atoms with Gasteiger partial charge < -0.3 is 18.0 Å². The van der Waals surface area contributed by atoms with E-state index in [1.807, 2.05) is 91.0 Å². The van der Waals surface area contributed by atoms with Gasteiger partial charge >= 0.3 is 0 Å². The number of fused-ring (bicyclic) bond motifs is 15. The number of hydrogen-bond donors (Lipinski definition) is 0. The molecule has 0 saturated heterocycles. The lowest BCUT2D eigenvalue weighted by Gasteiger charge is -2.11. The maximum atomic E-state index is 7.15. The zero-order chi connectivity index (χ0) is 70.9. The molecule has 0 aliphatic rings. The summed E-state index contributed by atoms with van der Waals surface area (Å²) in [4.78, 5) is 31.4. The molecule has 0 unspecified atom stereocenters. The maximum absolute atomic E-state index is 7.15. The highest BCUT2D eigenvalue weighted by Gasteiger charge is 2.26. The molecule has 0 fully saturated rings. The van der Waals surface area contributed by atoms with Crippen molar-refractivity contribution in [1.82, 2.24) is 39.0 Å². The summed E-state index contributed by atoms with van der Waals surface area (Å²) in [7, 11) is 0. The number of rotatable bonds is 11. The van der Waals surface area contributed by atoms with Gasteiger partial charge in [-0.05, 0) is 98.1 Å². The van der Waals surface area contributed by atoms with Gasteiger partial charge in [0, 0.05) is 81.9 Å². The Morgan fingerprint density at radius 2 is 0.574 bits per heavy atom. The van der Waals surface area contributed by atoms with Crippen molar-refractivity contribution in [3.63, 3.8) is 0 Å². The monoisotopic (exact) mass is 1380 g/mol. The number of hydrogen-bond acceptors (Lipinski definition) is 8. The molecule has 0 saturated carbocycles. The molecule has 0 amide bonds. The Kier molecular flexibility index (Phi) is 13.8. The van der Waals surface area contributed by atoms with Crippen LogP contribution in [0.5, 0.6) is 0 Å². The molecule has 0 spiro atoms. The molecule has 10 heteroatoms. The van der Waals surface area contributed by atoms with Gasteiger partial charge in [-0.25, -0.2) is 29.9 Å². The van der Waals surface area contributed by atoms with Crippen LogP contribution in [0.4, 0.5) is 0 Å². The van der Waals surface area contributed by atoms with Crippen LogP contribution >= 0.6 is 0 Å². The second-order valence-corrected chi connectivity index (χ2v) is 27.6. The van der Waals surface area contributed by atoms with E-state index in [0.717, 1.165) is 160 Å². The highest BCUT2D eigenvalue weighted by molar-refractivity contribution is 6.22. The first-order valence-corrected chi connectivity index (χ1v) is 36.3. The quantitative estimate of drug-likeness (QED) is 0.126. The van der Waals surface area contributed by atoms with E-state index >= 15 is 0 Å². The highest BCUT2D eigenvalue weighted by atomic mass is 16.3. The minimum Gasteiger partial charge on any atom is -0.454 e. The second kappa shape index (κ2) is 24.5. The summed E-state index contributed by atoms with van der Waals surface area (Å²) in [6.45, 7) is 0. The predicted molar refractivity (Wildman–Crippen MR) is 440 cm³/mol. The first-order valence-electron chi connectivity index (χ1n) is 36.3. The molecule has 6 aromatic heterocycles. The van der Waals surface area contributed by atoms with E-state index < -0.39 is 0 Å². The largest absolute Gasteiger partial charge is 0.454 e. The van der Waals surface area contributed by atoms with E-state index in [4.69, 9.17) is 38.7 Å². The molecule has 0 atom stereocenters. The molecule has 16 aromatic carbocycles. The zero-order valence-electron chi connectivity index (χ0n) is 57.9. The summed E-state index contributed by atoms with van der Waals surface area (Å²) in [5.41, 5.74) is 21.1. The normalized spacial score (nSPS) is 11.9. The van der Waals surface area contributed by atoms with Crippen LogP contribution in [0.15, 0.2) is 361 Å². The molecule has 108 heavy (non-hydrogen) atoms. The summed E-state index contributed by atoms with van der Waals surface area (Å²) < 4.78 is 18.9. The van der Waals surface area contributed by atoms with Crippen LogP contribution in [-0.2, 0) is 0 Å². The van der Waals surface area contributed by atoms with Crippen LogP contribution < -0.4 is 0 Å². The third kappa shape index (κ3) is 9.88. The predicted octanol–water partition coefficient (Wildman–Crippen LogP) is 25.4. The van der Waals surface area contributed by atoms with Gasteiger partial charge in [0.15, 0.2) is 46.1 Å². The average Bonchev–Trinajstić information content (AvgIpc) is 1.56. The Labute approximate surface area is 618 Å². The van der Waals surface area contributed by atoms with Crippen molar-refractivity contribution < 1.29 is 8.83 Å². The summed E-state index contributed by atoms with van der Waals surface area (Å²) in [6.07, 6.45) is 0. The first-order chi connectivity index (χ1) is 53.5. The van der Waals surface area contributed by atoms with Crippen LogP contribution in [-0.4, -0.2) is 39.0 Å². The molecular weight excluding hydrogens is 1320 g/mol.